The van der Waals surface area contributed by atoms with Crippen molar-refractivity contribution in [3.8, 4) is 17.5 Å². The van der Waals surface area contributed by atoms with Crippen LogP contribution >= 0.6 is 0 Å². The fraction of sp³-hybridized carbons (Fsp3) is 0.188. The van der Waals surface area contributed by atoms with E-state index in [4.69, 9.17) is 9.78 Å². The van der Waals surface area contributed by atoms with E-state index in [1.54, 1.807) is 6.07 Å². The van der Waals surface area contributed by atoms with E-state index in [-0.39, 0.29) is 0 Å². The lowest BCUT2D eigenvalue weighted by molar-refractivity contribution is 0.383. The van der Waals surface area contributed by atoms with Gasteiger partial charge in [0.25, 0.3) is 0 Å². The van der Waals surface area contributed by atoms with Gasteiger partial charge in [-0.25, -0.2) is 9.97 Å². The summed E-state index contributed by atoms with van der Waals surface area (Å²) in [6, 6.07) is 11.5. The minimum Gasteiger partial charge on any atom is -0.366 e. The van der Waals surface area contributed by atoms with Gasteiger partial charge in [-0.1, -0.05) is 36.3 Å². The first kappa shape index (κ1) is 14.7. The number of aryl methyl sites for hydroxylation is 1. The molecule has 0 amide bonds. The summed E-state index contributed by atoms with van der Waals surface area (Å²) in [6.45, 7) is 2.56. The standard InChI is InChI=1S/C16H14N6O/c1-2-15-21-16(22-23-15)12-5-3-11(4-6-12)9-18-14-7-13(8-17)19-10-20-14/h3-7,10H,2,9H2,1H3,(H,18,19,20). The first-order chi connectivity index (χ1) is 11.3. The second kappa shape index (κ2) is 6.66. The van der Waals surface area contributed by atoms with Crippen LogP contribution < -0.4 is 5.32 Å². The Bertz CT molecular complexity index is 834. The van der Waals surface area contributed by atoms with Gasteiger partial charge < -0.3 is 9.84 Å². The second-order valence-corrected chi connectivity index (χ2v) is 4.82. The van der Waals surface area contributed by atoms with Crippen molar-refractivity contribution in [2.24, 2.45) is 0 Å². The third-order valence-corrected chi connectivity index (χ3v) is 3.24. The lowest BCUT2D eigenvalue weighted by atomic mass is 10.1. The molecule has 0 saturated carbocycles. The van der Waals surface area contributed by atoms with Crippen LogP contribution in [0.3, 0.4) is 0 Å². The molecule has 0 bridgehead atoms. The zero-order valence-corrected chi connectivity index (χ0v) is 12.5. The molecule has 0 spiro atoms. The van der Waals surface area contributed by atoms with Crippen LogP contribution in [0.2, 0.25) is 0 Å². The topological polar surface area (TPSA) is 101 Å². The molecule has 0 aliphatic heterocycles. The van der Waals surface area contributed by atoms with E-state index < -0.39 is 0 Å². The van der Waals surface area contributed by atoms with Crippen LogP contribution in [-0.2, 0) is 13.0 Å². The lowest BCUT2D eigenvalue weighted by Crippen LogP contribution is -2.02. The second-order valence-electron chi connectivity index (χ2n) is 4.82. The molecule has 2 aromatic heterocycles. The molecular formula is C16H14N6O. The predicted molar refractivity (Wildman–Crippen MR) is 83.2 cm³/mol. The van der Waals surface area contributed by atoms with Gasteiger partial charge in [-0.3, -0.25) is 0 Å². The van der Waals surface area contributed by atoms with E-state index in [1.165, 1.54) is 6.33 Å². The van der Waals surface area contributed by atoms with Crippen LogP contribution in [0.25, 0.3) is 11.4 Å². The number of hydrogen-bond acceptors (Lipinski definition) is 7. The van der Waals surface area contributed by atoms with Crippen molar-refractivity contribution in [3.63, 3.8) is 0 Å². The quantitative estimate of drug-likeness (QED) is 0.773. The number of aromatic nitrogens is 4. The molecule has 114 valence electrons. The number of nitrogens with zero attached hydrogens (tertiary/aromatic N) is 5. The summed E-state index contributed by atoms with van der Waals surface area (Å²) in [6.07, 6.45) is 2.09. The fourth-order valence-electron chi connectivity index (χ4n) is 2.00. The Kier molecular flexibility index (Phi) is 4.25. The van der Waals surface area contributed by atoms with Gasteiger partial charge in [0.1, 0.15) is 23.9 Å². The molecule has 0 fully saturated rings. The smallest absolute Gasteiger partial charge is 0.226 e. The molecule has 1 aromatic carbocycles. The Morgan fingerprint density at radius 2 is 2.04 bits per heavy atom. The Morgan fingerprint density at radius 3 is 2.74 bits per heavy atom. The molecule has 7 heteroatoms. The van der Waals surface area contributed by atoms with E-state index in [0.717, 1.165) is 17.5 Å². The van der Waals surface area contributed by atoms with Crippen LogP contribution in [0.1, 0.15) is 24.1 Å². The van der Waals surface area contributed by atoms with Crippen LogP contribution in [0.5, 0.6) is 0 Å². The SMILES string of the molecule is CCc1nc(-c2ccc(CNc3cc(C#N)ncn3)cc2)no1. The minimum atomic E-state index is 0.335. The van der Waals surface area contributed by atoms with Gasteiger partial charge >= 0.3 is 0 Å². The van der Waals surface area contributed by atoms with Gasteiger partial charge in [0.2, 0.25) is 11.7 Å². The molecule has 3 rings (SSSR count). The number of rotatable bonds is 5. The van der Waals surface area contributed by atoms with Crippen molar-refractivity contribution in [2.45, 2.75) is 19.9 Å². The maximum absolute atomic E-state index is 8.82. The van der Waals surface area contributed by atoms with Crippen molar-refractivity contribution in [1.29, 1.82) is 5.26 Å². The molecule has 7 nitrogen and oxygen atoms in total. The average molecular weight is 306 g/mol. The molecule has 2 heterocycles. The number of benzene rings is 1. The Hall–Kier alpha value is -3.27. The third kappa shape index (κ3) is 3.49. The largest absolute Gasteiger partial charge is 0.366 e. The summed E-state index contributed by atoms with van der Waals surface area (Å²) in [4.78, 5) is 12.2. The molecule has 3 aromatic rings. The molecule has 23 heavy (non-hydrogen) atoms. The van der Waals surface area contributed by atoms with Crippen LogP contribution in [0.15, 0.2) is 41.2 Å². The molecule has 0 radical (unpaired) electrons. The molecule has 0 aliphatic carbocycles. The number of nitrogens with one attached hydrogen (secondary N) is 1. The van der Waals surface area contributed by atoms with Gasteiger partial charge in [0.05, 0.1) is 0 Å². The van der Waals surface area contributed by atoms with Gasteiger partial charge in [-0.2, -0.15) is 10.2 Å². The molecule has 0 aliphatic rings. The normalized spacial score (nSPS) is 10.3. The predicted octanol–water partition coefficient (Wildman–Crippen LogP) is 2.57. The molecule has 0 unspecified atom stereocenters. The highest BCUT2D eigenvalue weighted by Gasteiger charge is 2.07. The lowest BCUT2D eigenvalue weighted by Gasteiger charge is -2.05. The third-order valence-electron chi connectivity index (χ3n) is 3.24. The Morgan fingerprint density at radius 1 is 1.22 bits per heavy atom. The van der Waals surface area contributed by atoms with Crippen molar-refractivity contribution in [3.05, 3.63) is 53.8 Å². The summed E-state index contributed by atoms with van der Waals surface area (Å²) in [7, 11) is 0. The van der Waals surface area contributed by atoms with E-state index in [2.05, 4.69) is 25.4 Å². The minimum absolute atomic E-state index is 0.335. The number of nitriles is 1. The zero-order chi connectivity index (χ0) is 16.1. The van der Waals surface area contributed by atoms with Crippen molar-refractivity contribution in [1.82, 2.24) is 20.1 Å². The van der Waals surface area contributed by atoms with Crippen LogP contribution in [-0.4, -0.2) is 20.1 Å². The zero-order valence-electron chi connectivity index (χ0n) is 12.5. The van der Waals surface area contributed by atoms with Gasteiger partial charge in [-0.15, -0.1) is 0 Å². The maximum Gasteiger partial charge on any atom is 0.226 e. The monoisotopic (exact) mass is 306 g/mol. The molecule has 1 N–H and O–H groups in total. The van der Waals surface area contributed by atoms with Crippen molar-refractivity contribution in [2.75, 3.05) is 5.32 Å². The Balaban J connectivity index is 1.66. The summed E-state index contributed by atoms with van der Waals surface area (Å²) in [5.74, 6) is 1.84. The maximum atomic E-state index is 8.82. The van der Waals surface area contributed by atoms with Gasteiger partial charge in [0, 0.05) is 24.6 Å². The van der Waals surface area contributed by atoms with Gasteiger partial charge in [-0.05, 0) is 5.56 Å². The van der Waals surface area contributed by atoms with Crippen LogP contribution in [0.4, 0.5) is 5.82 Å². The molecular weight excluding hydrogens is 292 g/mol. The summed E-state index contributed by atoms with van der Waals surface area (Å²) in [5.41, 5.74) is 2.32. The first-order valence-electron chi connectivity index (χ1n) is 7.16. The molecule has 0 atom stereocenters. The van der Waals surface area contributed by atoms with Gasteiger partial charge in [0.15, 0.2) is 0 Å². The Labute approximate surface area is 133 Å². The average Bonchev–Trinajstić information content (AvgIpc) is 3.10. The van der Waals surface area contributed by atoms with E-state index in [9.17, 15) is 0 Å². The summed E-state index contributed by atoms with van der Waals surface area (Å²) < 4.78 is 5.11. The summed E-state index contributed by atoms with van der Waals surface area (Å²) >= 11 is 0. The van der Waals surface area contributed by atoms with Crippen molar-refractivity contribution >= 4 is 5.82 Å². The van der Waals surface area contributed by atoms with E-state index in [0.29, 0.717) is 29.8 Å². The first-order valence-corrected chi connectivity index (χ1v) is 7.16. The highest BCUT2D eigenvalue weighted by atomic mass is 16.5. The summed E-state index contributed by atoms with van der Waals surface area (Å²) in [5, 5.41) is 15.9. The highest BCUT2D eigenvalue weighted by Crippen LogP contribution is 2.17. The van der Waals surface area contributed by atoms with E-state index in [1.807, 2.05) is 37.3 Å². The number of anilines is 1. The van der Waals surface area contributed by atoms with Crippen molar-refractivity contribution < 1.29 is 4.52 Å². The fourth-order valence-corrected chi connectivity index (χ4v) is 2.00. The van der Waals surface area contributed by atoms with E-state index >= 15 is 0 Å². The van der Waals surface area contributed by atoms with Crippen LogP contribution in [0, 0.1) is 11.3 Å². The molecule has 0 saturated heterocycles. The highest BCUT2D eigenvalue weighted by molar-refractivity contribution is 5.54. The number of hydrogen-bond donors (Lipinski definition) is 1.